The molecule has 0 radical (unpaired) electrons. The lowest BCUT2D eigenvalue weighted by Gasteiger charge is -2.29. The minimum absolute atomic E-state index is 0.865. The monoisotopic (exact) mass is 536 g/mol. The molecule has 0 amide bonds. The molecule has 0 aromatic heterocycles. The van der Waals surface area contributed by atoms with Gasteiger partial charge in [-0.05, 0) is 49.2 Å². The molecule has 4 nitrogen and oxygen atoms in total. The van der Waals surface area contributed by atoms with Gasteiger partial charge in [0.05, 0.1) is 0 Å². The Morgan fingerprint density at radius 1 is 0.474 bits per heavy atom. The first-order chi connectivity index (χ1) is 18.9. The zero-order chi connectivity index (χ0) is 25.6. The molecule has 0 fully saturated rings. The molecular formula is C32H30N2O2P2. The van der Waals surface area contributed by atoms with Crippen molar-refractivity contribution in [1.29, 1.82) is 0 Å². The molecule has 2 aliphatic rings. The largest absolute Gasteiger partial charge is 0.448 e. The first-order valence-electron chi connectivity index (χ1n) is 13.0. The van der Waals surface area contributed by atoms with Gasteiger partial charge >= 0.3 is 0 Å². The summed E-state index contributed by atoms with van der Waals surface area (Å²) in [6.45, 7) is 1.93. The van der Waals surface area contributed by atoms with Crippen LogP contribution in [0.5, 0.6) is 11.5 Å². The lowest BCUT2D eigenvalue weighted by atomic mass is 10.0. The summed E-state index contributed by atoms with van der Waals surface area (Å²) >= 11 is 0. The van der Waals surface area contributed by atoms with Crippen LogP contribution in [0.4, 0.5) is 0 Å². The number of benzene rings is 4. The second kappa shape index (κ2) is 11.9. The number of hydrogen-bond donors (Lipinski definition) is 0. The van der Waals surface area contributed by atoms with E-state index in [1.807, 2.05) is 12.1 Å². The van der Waals surface area contributed by atoms with Crippen LogP contribution in [0, 0.1) is 0 Å². The summed E-state index contributed by atoms with van der Waals surface area (Å²) in [6, 6.07) is 37.8. The van der Waals surface area contributed by atoms with Crippen LogP contribution >= 0.6 is 16.6 Å². The summed E-state index contributed by atoms with van der Waals surface area (Å²) in [5.74, 6) is 1.73. The Kier molecular flexibility index (Phi) is 7.72. The van der Waals surface area contributed by atoms with Crippen molar-refractivity contribution in [2.75, 3.05) is 13.1 Å². The minimum atomic E-state index is -1.02. The number of rotatable bonds is 9. The number of nitrogens with zero attached hydrogens (tertiary/aromatic N) is 2. The SMILES string of the molecule is C1=CN(P(Oc2ccccc2-c2ccccc2OP(c2ccccc2)N2C=CCC2)c2ccccc2)CC1. The Hall–Kier alpha value is -3.58. The fraction of sp³-hybridized carbons (Fsp3) is 0.125. The molecule has 0 bridgehead atoms. The lowest BCUT2D eigenvalue weighted by molar-refractivity contribution is 0.531. The molecule has 0 aliphatic carbocycles. The Morgan fingerprint density at radius 3 is 1.26 bits per heavy atom. The fourth-order valence-electron chi connectivity index (χ4n) is 4.60. The van der Waals surface area contributed by atoms with Crippen LogP contribution < -0.4 is 19.7 Å². The average molecular weight is 537 g/mol. The summed E-state index contributed by atoms with van der Waals surface area (Å²) in [4.78, 5) is 0. The number of para-hydroxylation sites is 2. The molecule has 0 saturated carbocycles. The molecular weight excluding hydrogens is 506 g/mol. The van der Waals surface area contributed by atoms with Crippen molar-refractivity contribution in [2.45, 2.75) is 12.8 Å². The third kappa shape index (κ3) is 5.48. The molecule has 190 valence electrons. The zero-order valence-electron chi connectivity index (χ0n) is 21.1. The first-order valence-corrected chi connectivity index (χ1v) is 15.4. The van der Waals surface area contributed by atoms with E-state index in [-0.39, 0.29) is 0 Å². The summed E-state index contributed by atoms with van der Waals surface area (Å²) < 4.78 is 18.4. The van der Waals surface area contributed by atoms with Gasteiger partial charge in [0, 0.05) is 47.2 Å². The molecule has 2 heterocycles. The van der Waals surface area contributed by atoms with E-state index in [4.69, 9.17) is 9.05 Å². The van der Waals surface area contributed by atoms with Crippen LogP contribution in [-0.2, 0) is 0 Å². The van der Waals surface area contributed by atoms with Gasteiger partial charge < -0.3 is 18.4 Å². The van der Waals surface area contributed by atoms with Gasteiger partial charge in [-0.15, -0.1) is 0 Å². The van der Waals surface area contributed by atoms with Crippen molar-refractivity contribution in [3.05, 3.63) is 134 Å². The third-order valence-electron chi connectivity index (χ3n) is 6.46. The van der Waals surface area contributed by atoms with Gasteiger partial charge in [0.15, 0.2) is 0 Å². The predicted molar refractivity (Wildman–Crippen MR) is 160 cm³/mol. The topological polar surface area (TPSA) is 24.9 Å². The van der Waals surface area contributed by atoms with Crippen molar-refractivity contribution in [3.63, 3.8) is 0 Å². The molecule has 2 atom stereocenters. The molecule has 4 aromatic carbocycles. The zero-order valence-corrected chi connectivity index (χ0v) is 22.9. The highest BCUT2D eigenvalue weighted by Gasteiger charge is 2.27. The van der Waals surface area contributed by atoms with Crippen LogP contribution in [0.25, 0.3) is 11.1 Å². The maximum Gasteiger partial charge on any atom is 0.224 e. The van der Waals surface area contributed by atoms with E-state index in [2.05, 4.69) is 131 Å². The molecule has 2 aliphatic heterocycles. The summed E-state index contributed by atoms with van der Waals surface area (Å²) in [6.07, 6.45) is 10.9. The summed E-state index contributed by atoms with van der Waals surface area (Å²) in [7, 11) is -2.03. The maximum absolute atomic E-state index is 6.88. The van der Waals surface area contributed by atoms with E-state index in [0.29, 0.717) is 0 Å². The van der Waals surface area contributed by atoms with Gasteiger partial charge in [-0.3, -0.25) is 0 Å². The van der Waals surface area contributed by atoms with E-state index >= 15 is 0 Å². The van der Waals surface area contributed by atoms with Crippen LogP contribution in [-0.4, -0.2) is 22.4 Å². The van der Waals surface area contributed by atoms with Crippen molar-refractivity contribution < 1.29 is 9.05 Å². The smallest absolute Gasteiger partial charge is 0.224 e. The minimum Gasteiger partial charge on any atom is -0.448 e. The normalized spacial score (nSPS) is 16.0. The predicted octanol–water partition coefficient (Wildman–Crippen LogP) is 7.82. The van der Waals surface area contributed by atoms with E-state index in [9.17, 15) is 0 Å². The Balaban J connectivity index is 1.36. The quantitative estimate of drug-likeness (QED) is 0.204. The van der Waals surface area contributed by atoms with E-state index in [1.165, 1.54) is 10.6 Å². The van der Waals surface area contributed by atoms with Crippen molar-refractivity contribution in [2.24, 2.45) is 0 Å². The molecule has 0 spiro atoms. The fourth-order valence-corrected chi connectivity index (χ4v) is 8.18. The van der Waals surface area contributed by atoms with E-state index in [1.54, 1.807) is 0 Å². The number of hydrogen-bond acceptors (Lipinski definition) is 4. The van der Waals surface area contributed by atoms with Gasteiger partial charge in [-0.2, -0.15) is 0 Å². The van der Waals surface area contributed by atoms with Gasteiger partial charge in [-0.1, -0.05) is 84.9 Å². The molecule has 0 saturated heterocycles. The lowest BCUT2D eigenvalue weighted by Crippen LogP contribution is -2.20. The molecule has 38 heavy (non-hydrogen) atoms. The highest BCUT2D eigenvalue weighted by Crippen LogP contribution is 2.50. The van der Waals surface area contributed by atoms with Crippen LogP contribution in [0.15, 0.2) is 134 Å². The first kappa shape index (κ1) is 24.7. The van der Waals surface area contributed by atoms with Gasteiger partial charge in [0.1, 0.15) is 11.5 Å². The van der Waals surface area contributed by atoms with Crippen LogP contribution in [0.2, 0.25) is 0 Å². The third-order valence-corrected chi connectivity index (χ3v) is 10.3. The average Bonchev–Trinajstić information content (AvgIpc) is 3.72. The summed E-state index contributed by atoms with van der Waals surface area (Å²) in [5, 5.41) is 2.39. The molecule has 0 N–H and O–H groups in total. The van der Waals surface area contributed by atoms with Gasteiger partial charge in [0.2, 0.25) is 16.6 Å². The summed E-state index contributed by atoms with van der Waals surface area (Å²) in [5.41, 5.74) is 2.07. The van der Waals surface area contributed by atoms with Crippen molar-refractivity contribution in [1.82, 2.24) is 9.34 Å². The Morgan fingerprint density at radius 2 is 0.868 bits per heavy atom. The Labute approximate surface area is 227 Å². The molecule has 6 heteroatoms. The molecule has 4 aromatic rings. The van der Waals surface area contributed by atoms with Crippen molar-refractivity contribution in [3.8, 4) is 22.6 Å². The second-order valence-electron chi connectivity index (χ2n) is 9.06. The van der Waals surface area contributed by atoms with Crippen molar-refractivity contribution >= 4 is 27.2 Å². The van der Waals surface area contributed by atoms with Gasteiger partial charge in [0.25, 0.3) is 0 Å². The standard InChI is InChI=1S/C32H30N2O2P2/c1-3-15-27(16-4-1)37(33-23-11-12-24-33)35-31-21-9-7-19-29(31)30-20-8-10-22-32(30)36-38(34-25-13-14-26-34)28-17-5-2-6-18-28/h1-11,13,15-23,25H,12,14,24,26H2. The van der Waals surface area contributed by atoms with Crippen LogP contribution in [0.1, 0.15) is 12.8 Å². The Bertz CT molecular complexity index is 1300. The van der Waals surface area contributed by atoms with Gasteiger partial charge in [-0.25, -0.2) is 0 Å². The second-order valence-corrected chi connectivity index (χ2v) is 12.6. The maximum atomic E-state index is 6.88. The van der Waals surface area contributed by atoms with E-state index in [0.717, 1.165) is 48.6 Å². The highest BCUT2D eigenvalue weighted by atomic mass is 31.2. The molecule has 2 unspecified atom stereocenters. The van der Waals surface area contributed by atoms with Crippen LogP contribution in [0.3, 0.4) is 0 Å². The van der Waals surface area contributed by atoms with E-state index < -0.39 is 16.6 Å². The molecule has 6 rings (SSSR count). The highest BCUT2D eigenvalue weighted by molar-refractivity contribution is 7.59.